The summed E-state index contributed by atoms with van der Waals surface area (Å²) in [6, 6.07) is 6.88. The van der Waals surface area contributed by atoms with Crippen LogP contribution in [0.3, 0.4) is 0 Å². The summed E-state index contributed by atoms with van der Waals surface area (Å²) in [6.45, 7) is 7.19. The van der Waals surface area contributed by atoms with Gasteiger partial charge >= 0.3 is 5.97 Å². The van der Waals surface area contributed by atoms with Gasteiger partial charge in [-0.25, -0.2) is 4.79 Å². The topological polar surface area (TPSA) is 94.2 Å². The molecule has 3 atom stereocenters. The summed E-state index contributed by atoms with van der Waals surface area (Å²) in [4.78, 5) is 39.6. The molecule has 0 spiro atoms. The van der Waals surface area contributed by atoms with Crippen molar-refractivity contribution >= 4 is 29.5 Å². The van der Waals surface area contributed by atoms with Crippen molar-refractivity contribution in [2.75, 3.05) is 39.1 Å². The van der Waals surface area contributed by atoms with Gasteiger partial charge in [0.05, 0.1) is 30.1 Å². The molecule has 1 heterocycles. The molecule has 1 aliphatic heterocycles. The predicted molar refractivity (Wildman–Crippen MR) is 114 cm³/mol. The average Bonchev–Trinajstić information content (AvgIpc) is 2.71. The number of thioether (sulfide) groups is 1. The molecule has 1 N–H and O–H groups in total. The highest BCUT2D eigenvalue weighted by atomic mass is 32.2. The SMILES string of the molecule is COCCNC(=O)CSc1ccccc1C(=O)OC(C)C(=O)N1CC(C)OC(C)C1. The zero-order valence-corrected chi connectivity index (χ0v) is 18.7. The number of hydrogen-bond acceptors (Lipinski definition) is 7. The van der Waals surface area contributed by atoms with E-state index in [1.165, 1.54) is 11.8 Å². The van der Waals surface area contributed by atoms with Gasteiger partial charge in [-0.2, -0.15) is 0 Å². The molecule has 0 saturated carbocycles. The molecule has 2 rings (SSSR count). The summed E-state index contributed by atoms with van der Waals surface area (Å²) >= 11 is 1.24. The molecule has 30 heavy (non-hydrogen) atoms. The van der Waals surface area contributed by atoms with Gasteiger partial charge in [-0.15, -0.1) is 11.8 Å². The summed E-state index contributed by atoms with van der Waals surface area (Å²) < 4.78 is 16.0. The van der Waals surface area contributed by atoms with E-state index in [1.807, 2.05) is 13.8 Å². The lowest BCUT2D eigenvalue weighted by molar-refractivity contribution is -0.151. The number of hydrogen-bond donors (Lipinski definition) is 1. The second-order valence-corrected chi connectivity index (χ2v) is 8.19. The first-order chi connectivity index (χ1) is 14.3. The number of benzene rings is 1. The highest BCUT2D eigenvalue weighted by molar-refractivity contribution is 8.00. The van der Waals surface area contributed by atoms with Crippen molar-refractivity contribution in [3.8, 4) is 0 Å². The summed E-state index contributed by atoms with van der Waals surface area (Å²) in [6.07, 6.45) is -1.04. The lowest BCUT2D eigenvalue weighted by atomic mass is 10.2. The third-order valence-electron chi connectivity index (χ3n) is 4.46. The zero-order valence-electron chi connectivity index (χ0n) is 17.9. The van der Waals surface area contributed by atoms with E-state index in [0.29, 0.717) is 36.7 Å². The van der Waals surface area contributed by atoms with Crippen molar-refractivity contribution in [2.45, 2.75) is 44.0 Å². The Labute approximate surface area is 181 Å². The number of morpholine rings is 1. The third kappa shape index (κ3) is 7.30. The Morgan fingerprint density at radius 1 is 1.23 bits per heavy atom. The fourth-order valence-corrected chi connectivity index (χ4v) is 4.01. The molecule has 1 aromatic carbocycles. The number of amides is 2. The third-order valence-corrected chi connectivity index (χ3v) is 5.53. The van der Waals surface area contributed by atoms with Crippen molar-refractivity contribution in [1.82, 2.24) is 10.2 Å². The summed E-state index contributed by atoms with van der Waals surface area (Å²) in [5.41, 5.74) is 0.329. The van der Waals surface area contributed by atoms with Gasteiger partial charge in [-0.05, 0) is 32.9 Å². The fraction of sp³-hybridized carbons (Fsp3) is 0.571. The van der Waals surface area contributed by atoms with Gasteiger partial charge in [-0.3, -0.25) is 9.59 Å². The molecule has 1 aromatic rings. The van der Waals surface area contributed by atoms with Crippen LogP contribution in [0.15, 0.2) is 29.2 Å². The maximum Gasteiger partial charge on any atom is 0.340 e. The number of carbonyl (C=O) groups excluding carboxylic acids is 3. The summed E-state index contributed by atoms with van der Waals surface area (Å²) in [7, 11) is 1.56. The van der Waals surface area contributed by atoms with Crippen LogP contribution in [0, 0.1) is 0 Å². The molecule has 0 radical (unpaired) electrons. The van der Waals surface area contributed by atoms with E-state index in [-0.39, 0.29) is 29.8 Å². The molecule has 9 heteroatoms. The van der Waals surface area contributed by atoms with Crippen LogP contribution in [0.2, 0.25) is 0 Å². The number of esters is 1. The Hall–Kier alpha value is -2.10. The van der Waals surface area contributed by atoms with Crippen molar-refractivity contribution < 1.29 is 28.6 Å². The first-order valence-corrected chi connectivity index (χ1v) is 10.9. The number of nitrogens with one attached hydrogen (secondary N) is 1. The largest absolute Gasteiger partial charge is 0.449 e. The molecule has 0 bridgehead atoms. The van der Waals surface area contributed by atoms with Gasteiger partial charge in [0.15, 0.2) is 6.10 Å². The molecular formula is C21H30N2O6S. The molecule has 8 nitrogen and oxygen atoms in total. The maximum absolute atomic E-state index is 12.7. The number of nitrogens with zero attached hydrogens (tertiary/aromatic N) is 1. The Kier molecular flexibility index (Phi) is 9.61. The van der Waals surface area contributed by atoms with Gasteiger partial charge in [-0.1, -0.05) is 12.1 Å². The fourth-order valence-electron chi connectivity index (χ4n) is 3.14. The van der Waals surface area contributed by atoms with Crippen molar-refractivity contribution in [2.24, 2.45) is 0 Å². The Morgan fingerprint density at radius 2 is 1.90 bits per heavy atom. The standard InChI is InChI=1S/C21H30N2O6S/c1-14-11-23(12-15(2)28-14)20(25)16(3)29-21(26)17-7-5-6-8-18(17)30-13-19(24)22-9-10-27-4/h5-8,14-16H,9-13H2,1-4H3,(H,22,24). The van der Waals surface area contributed by atoms with Gasteiger partial charge < -0.3 is 24.4 Å². The molecule has 1 aliphatic rings. The second kappa shape index (κ2) is 11.9. The number of methoxy groups -OCH3 is 1. The van der Waals surface area contributed by atoms with Crippen molar-refractivity contribution in [3.63, 3.8) is 0 Å². The van der Waals surface area contributed by atoms with E-state index in [1.54, 1.807) is 43.2 Å². The normalized spacial score (nSPS) is 19.8. The van der Waals surface area contributed by atoms with Crippen molar-refractivity contribution in [3.05, 3.63) is 29.8 Å². The molecular weight excluding hydrogens is 408 g/mol. The number of rotatable bonds is 9. The smallest absolute Gasteiger partial charge is 0.340 e. The molecule has 166 valence electrons. The highest BCUT2D eigenvalue weighted by Crippen LogP contribution is 2.24. The molecule has 0 aliphatic carbocycles. The highest BCUT2D eigenvalue weighted by Gasteiger charge is 2.31. The minimum absolute atomic E-state index is 0.0623. The Morgan fingerprint density at radius 3 is 2.57 bits per heavy atom. The first-order valence-electron chi connectivity index (χ1n) is 9.94. The van der Waals surface area contributed by atoms with Crippen LogP contribution in [0.25, 0.3) is 0 Å². The van der Waals surface area contributed by atoms with E-state index >= 15 is 0 Å². The van der Waals surface area contributed by atoms with Gasteiger partial charge in [0, 0.05) is 31.6 Å². The minimum atomic E-state index is -0.912. The predicted octanol–water partition coefficient (Wildman–Crippen LogP) is 1.72. The van der Waals surface area contributed by atoms with Crippen LogP contribution in [-0.4, -0.2) is 80.1 Å². The van der Waals surface area contributed by atoms with Crippen LogP contribution in [0.5, 0.6) is 0 Å². The van der Waals surface area contributed by atoms with E-state index in [9.17, 15) is 14.4 Å². The van der Waals surface area contributed by atoms with Crippen molar-refractivity contribution in [1.29, 1.82) is 0 Å². The van der Waals surface area contributed by atoms with Gasteiger partial charge in [0.1, 0.15) is 0 Å². The van der Waals surface area contributed by atoms with Crippen LogP contribution >= 0.6 is 11.8 Å². The number of carbonyl (C=O) groups is 3. The zero-order chi connectivity index (χ0) is 22.1. The minimum Gasteiger partial charge on any atom is -0.449 e. The Bertz CT molecular complexity index is 734. The van der Waals surface area contributed by atoms with E-state index in [2.05, 4.69) is 5.32 Å². The molecule has 2 amide bonds. The lowest BCUT2D eigenvalue weighted by Crippen LogP contribution is -2.51. The number of ether oxygens (including phenoxy) is 3. The summed E-state index contributed by atoms with van der Waals surface area (Å²) in [5.74, 6) is -0.827. The monoisotopic (exact) mass is 438 g/mol. The van der Waals surface area contributed by atoms with E-state index in [0.717, 1.165) is 0 Å². The van der Waals surface area contributed by atoms with E-state index in [4.69, 9.17) is 14.2 Å². The molecule has 1 saturated heterocycles. The average molecular weight is 439 g/mol. The quantitative estimate of drug-likeness (QED) is 0.356. The van der Waals surface area contributed by atoms with Gasteiger partial charge in [0.2, 0.25) is 5.91 Å². The maximum atomic E-state index is 12.7. The first kappa shape index (κ1) is 24.2. The van der Waals surface area contributed by atoms with Gasteiger partial charge in [0.25, 0.3) is 5.91 Å². The molecule has 0 aromatic heterocycles. The second-order valence-electron chi connectivity index (χ2n) is 7.18. The molecule has 1 fully saturated rings. The van der Waals surface area contributed by atoms with Crippen LogP contribution in [-0.2, 0) is 23.8 Å². The van der Waals surface area contributed by atoms with E-state index < -0.39 is 12.1 Å². The lowest BCUT2D eigenvalue weighted by Gasteiger charge is -2.36. The van der Waals surface area contributed by atoms with Crippen LogP contribution in [0.1, 0.15) is 31.1 Å². The summed E-state index contributed by atoms with van der Waals surface area (Å²) in [5, 5.41) is 2.73. The molecule has 3 unspecified atom stereocenters. The Balaban J connectivity index is 1.94. The van der Waals surface area contributed by atoms with Crippen LogP contribution in [0.4, 0.5) is 0 Å². The van der Waals surface area contributed by atoms with Crippen LogP contribution < -0.4 is 5.32 Å².